The largest absolute Gasteiger partial charge is 0.478 e. The van der Waals surface area contributed by atoms with Crippen molar-refractivity contribution in [2.45, 2.75) is 0 Å². The fourth-order valence-electron chi connectivity index (χ4n) is 3.23. The van der Waals surface area contributed by atoms with Gasteiger partial charge in [-0.3, -0.25) is 25.0 Å². The van der Waals surface area contributed by atoms with Gasteiger partial charge in [0.05, 0.1) is 38.4 Å². The number of carbonyl (C=O) groups excluding carboxylic acids is 1. The SMILES string of the molecule is O=C(O)c1ccc([N+](=O)[O-])cc1.O=C(c1ccc([N+](=O)[O-])cc1)N1CCS(=O)(=O)CC1.O=S1(=O)CCNCC1. The van der Waals surface area contributed by atoms with Gasteiger partial charge in [-0.05, 0) is 24.3 Å². The highest BCUT2D eigenvalue weighted by Crippen LogP contribution is 2.15. The molecule has 0 unspecified atom stereocenters. The van der Waals surface area contributed by atoms with Crippen LogP contribution >= 0.6 is 0 Å². The van der Waals surface area contributed by atoms with E-state index in [4.69, 9.17) is 5.11 Å². The van der Waals surface area contributed by atoms with E-state index in [1.165, 1.54) is 41.3 Å². The van der Waals surface area contributed by atoms with Crippen LogP contribution in [0.4, 0.5) is 11.4 Å². The van der Waals surface area contributed by atoms with Gasteiger partial charge in [0.15, 0.2) is 19.7 Å². The van der Waals surface area contributed by atoms with Crippen molar-refractivity contribution in [3.8, 4) is 0 Å². The molecule has 2 aromatic rings. The topological polar surface area (TPSA) is 224 Å². The van der Waals surface area contributed by atoms with Crippen molar-refractivity contribution in [1.29, 1.82) is 0 Å². The summed E-state index contributed by atoms with van der Waals surface area (Å²) >= 11 is 0. The first-order valence-corrected chi connectivity index (χ1v) is 15.0. The Kier molecular flexibility index (Phi) is 11.0. The molecule has 2 N–H and O–H groups in total. The molecule has 0 saturated carbocycles. The van der Waals surface area contributed by atoms with Crippen LogP contribution in [0.25, 0.3) is 0 Å². The van der Waals surface area contributed by atoms with Crippen molar-refractivity contribution in [3.05, 3.63) is 79.9 Å². The fraction of sp³-hybridized carbons (Fsp3) is 0.364. The maximum atomic E-state index is 12.1. The summed E-state index contributed by atoms with van der Waals surface area (Å²) in [7, 11) is -5.68. The van der Waals surface area contributed by atoms with Crippen LogP contribution in [-0.4, -0.2) is 97.8 Å². The average molecular weight is 587 g/mol. The van der Waals surface area contributed by atoms with Crippen LogP contribution in [0.15, 0.2) is 48.5 Å². The number of benzene rings is 2. The minimum absolute atomic E-state index is 0.0360. The number of nitro groups is 2. The molecule has 1 amide bonds. The molecule has 212 valence electrons. The predicted molar refractivity (Wildman–Crippen MR) is 139 cm³/mol. The van der Waals surface area contributed by atoms with Gasteiger partial charge in [0, 0.05) is 56.0 Å². The minimum atomic E-state index is -3.03. The molecule has 0 spiro atoms. The molecule has 0 bridgehead atoms. The molecule has 0 aliphatic carbocycles. The van der Waals surface area contributed by atoms with E-state index in [1.807, 2.05) is 0 Å². The van der Waals surface area contributed by atoms with Crippen LogP contribution in [-0.2, 0) is 19.7 Å². The number of hydrogen-bond acceptors (Lipinski definition) is 11. The average Bonchev–Trinajstić information content (AvgIpc) is 2.89. The Labute approximate surface area is 223 Å². The first-order valence-electron chi connectivity index (χ1n) is 11.3. The number of rotatable bonds is 4. The molecular formula is C22H26N4O11S2. The monoisotopic (exact) mass is 586 g/mol. The van der Waals surface area contributed by atoms with Gasteiger partial charge in [0.1, 0.15) is 0 Å². The van der Waals surface area contributed by atoms with Crippen molar-refractivity contribution in [2.75, 3.05) is 49.2 Å². The molecule has 2 saturated heterocycles. The molecule has 2 aliphatic heterocycles. The summed E-state index contributed by atoms with van der Waals surface area (Å²) in [6, 6.07) is 9.98. The molecule has 0 aromatic heterocycles. The number of nitrogens with one attached hydrogen (secondary N) is 1. The summed E-state index contributed by atoms with van der Waals surface area (Å²) in [5.74, 6) is -0.841. The van der Waals surface area contributed by atoms with Crippen LogP contribution in [0.1, 0.15) is 20.7 Å². The van der Waals surface area contributed by atoms with Gasteiger partial charge in [0.2, 0.25) is 0 Å². The fourth-order valence-corrected chi connectivity index (χ4v) is 5.55. The highest BCUT2D eigenvalue weighted by atomic mass is 32.2. The molecule has 4 rings (SSSR count). The summed E-state index contributed by atoms with van der Waals surface area (Å²) in [5.41, 5.74) is 0.170. The summed E-state index contributed by atoms with van der Waals surface area (Å²) in [4.78, 5) is 43.3. The Morgan fingerprint density at radius 3 is 1.44 bits per heavy atom. The zero-order valence-electron chi connectivity index (χ0n) is 20.5. The van der Waals surface area contributed by atoms with Gasteiger partial charge in [-0.25, -0.2) is 21.6 Å². The quantitative estimate of drug-likeness (QED) is 0.374. The highest BCUT2D eigenvalue weighted by molar-refractivity contribution is 7.91. The normalized spacial score (nSPS) is 17.3. The van der Waals surface area contributed by atoms with Gasteiger partial charge < -0.3 is 15.3 Å². The molecule has 0 atom stereocenters. The van der Waals surface area contributed by atoms with Gasteiger partial charge in [0.25, 0.3) is 17.3 Å². The van der Waals surface area contributed by atoms with Crippen molar-refractivity contribution in [2.24, 2.45) is 0 Å². The number of carboxylic acid groups (broad SMARTS) is 1. The van der Waals surface area contributed by atoms with E-state index in [9.17, 15) is 46.7 Å². The standard InChI is InChI=1S/C11H12N2O5S.C7H5NO4.C4H9NO2S/c14-11(12-5-7-19(17,18)8-6-12)9-1-3-10(4-2-9)13(15)16;9-7(10)5-1-3-6(4-2-5)8(11)12;6-8(7)3-1-5-2-4-8/h1-4H,5-8H2;1-4H,(H,9,10);5H,1-4H2. The maximum absolute atomic E-state index is 12.1. The van der Waals surface area contributed by atoms with E-state index < -0.39 is 35.5 Å². The summed E-state index contributed by atoms with van der Waals surface area (Å²) in [6.45, 7) is 1.58. The van der Waals surface area contributed by atoms with E-state index in [-0.39, 0.29) is 47.4 Å². The lowest BCUT2D eigenvalue weighted by molar-refractivity contribution is -0.385. The second kappa shape index (κ2) is 13.7. The van der Waals surface area contributed by atoms with E-state index >= 15 is 0 Å². The summed E-state index contributed by atoms with van der Waals surface area (Å²) in [6.07, 6.45) is 0. The van der Waals surface area contributed by atoms with Crippen molar-refractivity contribution < 1.29 is 41.4 Å². The number of sulfone groups is 2. The lowest BCUT2D eigenvalue weighted by atomic mass is 10.2. The number of carboxylic acids is 1. The first kappa shape index (κ1) is 31.3. The molecule has 39 heavy (non-hydrogen) atoms. The second-order valence-corrected chi connectivity index (χ2v) is 12.9. The van der Waals surface area contributed by atoms with Gasteiger partial charge >= 0.3 is 5.97 Å². The molecule has 2 aromatic carbocycles. The van der Waals surface area contributed by atoms with Crippen LogP contribution < -0.4 is 5.32 Å². The second-order valence-electron chi connectivity index (χ2n) is 8.26. The zero-order valence-corrected chi connectivity index (χ0v) is 22.1. The summed E-state index contributed by atoms with van der Waals surface area (Å²) < 4.78 is 43.7. The van der Waals surface area contributed by atoms with E-state index in [1.54, 1.807) is 0 Å². The Balaban J connectivity index is 0.000000227. The van der Waals surface area contributed by atoms with Crippen molar-refractivity contribution in [1.82, 2.24) is 10.2 Å². The Morgan fingerprint density at radius 2 is 1.10 bits per heavy atom. The third-order valence-corrected chi connectivity index (χ3v) is 8.72. The number of amides is 1. The Morgan fingerprint density at radius 1 is 0.718 bits per heavy atom. The lowest BCUT2D eigenvalue weighted by Crippen LogP contribution is -2.43. The van der Waals surface area contributed by atoms with Gasteiger partial charge in [-0.2, -0.15) is 0 Å². The number of nitro benzene ring substituents is 2. The van der Waals surface area contributed by atoms with Crippen molar-refractivity contribution >= 4 is 42.9 Å². The highest BCUT2D eigenvalue weighted by Gasteiger charge is 2.25. The van der Waals surface area contributed by atoms with Crippen LogP contribution in [0.3, 0.4) is 0 Å². The number of nitrogens with zero attached hydrogens (tertiary/aromatic N) is 3. The molecule has 17 heteroatoms. The number of non-ortho nitro benzene ring substituents is 2. The molecule has 0 radical (unpaired) electrons. The van der Waals surface area contributed by atoms with Gasteiger partial charge in [-0.1, -0.05) is 0 Å². The summed E-state index contributed by atoms with van der Waals surface area (Å²) in [5, 5.41) is 32.0. The van der Waals surface area contributed by atoms with Crippen LogP contribution in [0.2, 0.25) is 0 Å². The number of aromatic carboxylic acids is 1. The Bertz CT molecular complexity index is 1350. The smallest absolute Gasteiger partial charge is 0.335 e. The van der Waals surface area contributed by atoms with E-state index in [0.717, 1.165) is 12.1 Å². The Hall–Kier alpha value is -3.96. The first-order chi connectivity index (χ1) is 18.2. The molecule has 15 nitrogen and oxygen atoms in total. The third kappa shape index (κ3) is 10.4. The molecule has 2 fully saturated rings. The number of carbonyl (C=O) groups is 2. The van der Waals surface area contributed by atoms with Crippen LogP contribution in [0, 0.1) is 20.2 Å². The maximum Gasteiger partial charge on any atom is 0.335 e. The predicted octanol–water partition coefficient (Wildman–Crippen LogP) is 0.763. The molecule has 2 aliphatic rings. The third-order valence-electron chi connectivity index (χ3n) is 5.46. The number of hydrogen-bond donors (Lipinski definition) is 2. The zero-order chi connectivity index (χ0) is 29.2. The van der Waals surface area contributed by atoms with Crippen molar-refractivity contribution in [3.63, 3.8) is 0 Å². The van der Waals surface area contributed by atoms with E-state index in [2.05, 4.69) is 5.32 Å². The molecule has 2 heterocycles. The molecular weight excluding hydrogens is 560 g/mol. The minimum Gasteiger partial charge on any atom is -0.478 e. The van der Waals surface area contributed by atoms with E-state index in [0.29, 0.717) is 30.2 Å². The van der Waals surface area contributed by atoms with Gasteiger partial charge in [-0.15, -0.1) is 0 Å². The van der Waals surface area contributed by atoms with Crippen LogP contribution in [0.5, 0.6) is 0 Å². The lowest BCUT2D eigenvalue weighted by Gasteiger charge is -2.26.